The molecule has 3 heterocycles. The molecule has 288 valence electrons. The van der Waals surface area contributed by atoms with Crippen molar-refractivity contribution in [2.24, 2.45) is 5.92 Å². The first-order valence-corrected chi connectivity index (χ1v) is 18.1. The molecule has 15 heteroatoms. The van der Waals surface area contributed by atoms with Crippen LogP contribution in [-0.2, 0) is 39.8 Å². The van der Waals surface area contributed by atoms with Gasteiger partial charge in [0.1, 0.15) is 40.7 Å². The number of benzene rings is 1. The van der Waals surface area contributed by atoms with Gasteiger partial charge in [0.15, 0.2) is 5.72 Å². The summed E-state index contributed by atoms with van der Waals surface area (Å²) in [5.74, 6) is -1.58. The van der Waals surface area contributed by atoms with Crippen molar-refractivity contribution < 1.29 is 48.0 Å². The van der Waals surface area contributed by atoms with Crippen molar-refractivity contribution >= 4 is 53.8 Å². The lowest BCUT2D eigenvalue weighted by Gasteiger charge is -2.42. The summed E-state index contributed by atoms with van der Waals surface area (Å²) in [5.41, 5.74) is -1.86. The van der Waals surface area contributed by atoms with Gasteiger partial charge < -0.3 is 38.6 Å². The molecular weight excluding hydrogens is 714 g/mol. The van der Waals surface area contributed by atoms with Gasteiger partial charge in [0, 0.05) is 44.7 Å². The average Bonchev–Trinajstić information content (AvgIpc) is 3.78. The highest BCUT2D eigenvalue weighted by Crippen LogP contribution is 2.49. The fourth-order valence-electron chi connectivity index (χ4n) is 6.57. The molecule has 2 saturated heterocycles. The van der Waals surface area contributed by atoms with E-state index < -0.39 is 65.7 Å². The van der Waals surface area contributed by atoms with Crippen molar-refractivity contribution in [2.45, 2.75) is 113 Å². The van der Waals surface area contributed by atoms with E-state index in [9.17, 15) is 24.3 Å². The van der Waals surface area contributed by atoms with Crippen molar-refractivity contribution in [1.29, 1.82) is 0 Å². The third-order valence-corrected chi connectivity index (χ3v) is 10.8. The Morgan fingerprint density at radius 3 is 2.58 bits per heavy atom. The summed E-state index contributed by atoms with van der Waals surface area (Å²) >= 11 is 11.2. The average molecular weight is 766 g/mol. The topological polar surface area (TPSA) is 156 Å². The second-order valence-corrected chi connectivity index (χ2v) is 16.2. The Balaban J connectivity index is 1.72. The van der Waals surface area contributed by atoms with Crippen molar-refractivity contribution in [1.82, 2.24) is 10.2 Å². The number of halogens is 1. The SMILES string of the molecule is COc1cc2cc(c1Cl)N(C)C(=O)CC(OC(=O)C(C)N(C)C(=O)CCC(C)(C)S)C1(C)OC1C(C)C1CC(O)(NC(=O)O1)C(OC)/C=C/C=C/C2. The zero-order chi connectivity index (χ0) is 38.8. The number of epoxide rings is 1. The van der Waals surface area contributed by atoms with Gasteiger partial charge in [-0.2, -0.15) is 12.6 Å². The Labute approximate surface area is 316 Å². The maximum atomic E-state index is 14.1. The molecule has 2 fully saturated rings. The number of hydrogen-bond acceptors (Lipinski definition) is 11. The number of alkyl carbamates (subject to hydrolysis) is 1. The first-order valence-electron chi connectivity index (χ1n) is 17.3. The van der Waals surface area contributed by atoms with Crippen molar-refractivity contribution in [2.75, 3.05) is 33.2 Å². The molecule has 8 atom stereocenters. The lowest BCUT2D eigenvalue weighted by atomic mass is 9.83. The smallest absolute Gasteiger partial charge is 0.409 e. The molecule has 3 aliphatic rings. The Hall–Kier alpha value is -3.30. The first kappa shape index (κ1) is 41.5. The first-order chi connectivity index (χ1) is 24.2. The number of carbonyl (C=O) groups is 4. The number of hydrogen-bond donors (Lipinski definition) is 3. The van der Waals surface area contributed by atoms with Crippen LogP contribution >= 0.6 is 24.2 Å². The molecule has 0 spiro atoms. The van der Waals surface area contributed by atoms with Gasteiger partial charge in [0.05, 0.1) is 25.3 Å². The lowest BCUT2D eigenvalue weighted by molar-refractivity contribution is -0.162. The standard InChI is InChI=1S/C37H52ClN3O10S/c1-21-26-20-37(46,39-34(45)49-26)27(48-9)14-12-10-11-13-23-17-24(31(38)25(18-23)47-8)41(7)30(43)19-28(36(5)32(21)51-36)50-33(44)22(2)40(6)29(42)15-16-35(3,4)52/h10-12,14,17-18,21-22,26-28,32,46,52H,13,15-16,19-20H2,1-9H3,(H,39,45)/b11-10+,14-12+. The molecule has 13 nitrogen and oxygen atoms in total. The number of nitrogens with zero attached hydrogens (tertiary/aromatic N) is 2. The highest BCUT2D eigenvalue weighted by atomic mass is 35.5. The molecule has 0 radical (unpaired) electrons. The number of amides is 3. The summed E-state index contributed by atoms with van der Waals surface area (Å²) in [6.07, 6.45) is 3.32. The normalized spacial score (nSPS) is 31.3. The molecule has 0 saturated carbocycles. The van der Waals surface area contributed by atoms with E-state index in [1.165, 1.54) is 31.1 Å². The van der Waals surface area contributed by atoms with Crippen LogP contribution < -0.4 is 15.0 Å². The molecule has 8 unspecified atom stereocenters. The van der Waals surface area contributed by atoms with Crippen molar-refractivity contribution in [3.05, 3.63) is 47.0 Å². The molecule has 4 bridgehead atoms. The third-order valence-electron chi connectivity index (χ3n) is 10.2. The molecular formula is C37H52ClN3O10S. The maximum Gasteiger partial charge on any atom is 0.409 e. The summed E-state index contributed by atoms with van der Waals surface area (Å²) in [7, 11) is 6.00. The van der Waals surface area contributed by atoms with Crippen LogP contribution in [0.4, 0.5) is 10.5 Å². The summed E-state index contributed by atoms with van der Waals surface area (Å²) in [4.78, 5) is 56.3. The van der Waals surface area contributed by atoms with Crippen LogP contribution in [0.25, 0.3) is 0 Å². The minimum Gasteiger partial charge on any atom is -0.495 e. The van der Waals surface area contributed by atoms with E-state index in [1.807, 2.05) is 19.9 Å². The largest absolute Gasteiger partial charge is 0.495 e. The van der Waals surface area contributed by atoms with Crippen LogP contribution in [0.1, 0.15) is 65.9 Å². The van der Waals surface area contributed by atoms with Gasteiger partial charge in [-0.15, -0.1) is 0 Å². The highest BCUT2D eigenvalue weighted by Gasteiger charge is 2.64. The van der Waals surface area contributed by atoms with E-state index in [-0.39, 0.29) is 34.9 Å². The molecule has 0 aliphatic carbocycles. The molecule has 3 aliphatic heterocycles. The zero-order valence-corrected chi connectivity index (χ0v) is 33.0. The van der Waals surface area contributed by atoms with E-state index in [0.717, 1.165) is 5.56 Å². The number of aliphatic hydroxyl groups is 1. The summed E-state index contributed by atoms with van der Waals surface area (Å²) in [6.45, 7) is 8.87. The highest BCUT2D eigenvalue weighted by molar-refractivity contribution is 7.81. The van der Waals surface area contributed by atoms with Gasteiger partial charge in [0.2, 0.25) is 11.8 Å². The van der Waals surface area contributed by atoms with E-state index in [1.54, 1.807) is 58.2 Å². The predicted octanol–water partition coefficient (Wildman–Crippen LogP) is 4.61. The Bertz CT molecular complexity index is 1580. The van der Waals surface area contributed by atoms with Gasteiger partial charge in [-0.1, -0.05) is 56.7 Å². The van der Waals surface area contributed by atoms with E-state index in [2.05, 4.69) is 17.9 Å². The third kappa shape index (κ3) is 9.43. The Morgan fingerprint density at radius 2 is 1.94 bits per heavy atom. The second kappa shape index (κ2) is 16.4. The number of anilines is 1. The molecule has 52 heavy (non-hydrogen) atoms. The number of carbonyl (C=O) groups excluding carboxylic acids is 4. The number of methoxy groups -OCH3 is 2. The minimum atomic E-state index is -1.82. The monoisotopic (exact) mass is 765 g/mol. The molecule has 0 aromatic heterocycles. The maximum absolute atomic E-state index is 14.1. The molecule has 1 aromatic carbocycles. The minimum absolute atomic E-state index is 0.0499. The summed E-state index contributed by atoms with van der Waals surface area (Å²) in [5, 5.41) is 14.4. The van der Waals surface area contributed by atoms with Gasteiger partial charge in [-0.25, -0.2) is 9.59 Å². The van der Waals surface area contributed by atoms with E-state index >= 15 is 0 Å². The van der Waals surface area contributed by atoms with Gasteiger partial charge in [-0.05, 0) is 44.4 Å². The zero-order valence-electron chi connectivity index (χ0n) is 31.3. The predicted molar refractivity (Wildman–Crippen MR) is 199 cm³/mol. The quantitative estimate of drug-likeness (QED) is 0.194. The number of ether oxygens (including phenoxy) is 5. The lowest BCUT2D eigenvalue weighted by Crippen LogP contribution is -2.63. The number of thiol groups is 1. The van der Waals surface area contributed by atoms with E-state index in [0.29, 0.717) is 24.3 Å². The van der Waals surface area contributed by atoms with Crippen LogP contribution in [0.2, 0.25) is 5.02 Å². The van der Waals surface area contributed by atoms with Gasteiger partial charge in [0.25, 0.3) is 0 Å². The van der Waals surface area contributed by atoms with Crippen LogP contribution in [0.3, 0.4) is 0 Å². The second-order valence-electron chi connectivity index (χ2n) is 14.7. The fourth-order valence-corrected chi connectivity index (χ4v) is 6.99. The fraction of sp³-hybridized carbons (Fsp3) is 0.622. The van der Waals surface area contributed by atoms with Crippen molar-refractivity contribution in [3.8, 4) is 5.75 Å². The number of likely N-dealkylation sites (N-methyl/N-ethyl adjacent to an activating group) is 1. The van der Waals surface area contributed by atoms with Crippen molar-refractivity contribution in [3.63, 3.8) is 0 Å². The number of allylic oxidation sites excluding steroid dienone is 3. The van der Waals surface area contributed by atoms with Gasteiger partial charge in [-0.3, -0.25) is 14.9 Å². The molecule has 2 N–H and O–H groups in total. The Kier molecular flexibility index (Phi) is 13.1. The van der Waals surface area contributed by atoms with E-state index in [4.69, 9.17) is 35.3 Å². The van der Waals surface area contributed by atoms with Crippen LogP contribution in [0, 0.1) is 5.92 Å². The Morgan fingerprint density at radius 1 is 1.25 bits per heavy atom. The van der Waals surface area contributed by atoms with Crippen LogP contribution in [0.15, 0.2) is 36.4 Å². The molecule has 4 rings (SSSR count). The number of fused-ring (bicyclic) bond motifs is 5. The van der Waals surface area contributed by atoms with Crippen LogP contribution in [0.5, 0.6) is 5.75 Å². The van der Waals surface area contributed by atoms with Crippen LogP contribution in [-0.4, -0.2) is 109 Å². The number of nitrogens with one attached hydrogen (secondary N) is 1. The van der Waals surface area contributed by atoms with Gasteiger partial charge >= 0.3 is 12.1 Å². The number of rotatable bonds is 8. The number of esters is 1. The summed E-state index contributed by atoms with van der Waals surface area (Å²) < 4.78 is 28.7. The summed E-state index contributed by atoms with van der Waals surface area (Å²) in [6, 6.07) is 2.56. The molecule has 1 aromatic rings. The molecule has 3 amide bonds.